The largest absolute Gasteiger partial charge is 0.508 e. The molecule has 0 radical (unpaired) electrons. The highest BCUT2D eigenvalue weighted by Gasteiger charge is 2.32. The fourth-order valence-electron chi connectivity index (χ4n) is 3.97. The second-order valence-electron chi connectivity index (χ2n) is 7.87. The summed E-state index contributed by atoms with van der Waals surface area (Å²) in [5.41, 5.74) is 3.37. The van der Waals surface area contributed by atoms with Crippen molar-refractivity contribution >= 4 is 17.5 Å². The molecule has 2 aromatic carbocycles. The quantitative estimate of drug-likeness (QED) is 0.497. The summed E-state index contributed by atoms with van der Waals surface area (Å²) in [5.74, 6) is 0.217. The lowest BCUT2D eigenvalue weighted by molar-refractivity contribution is 0.0634. The van der Waals surface area contributed by atoms with E-state index >= 15 is 0 Å². The van der Waals surface area contributed by atoms with E-state index in [0.29, 0.717) is 23.8 Å². The Labute approximate surface area is 181 Å². The van der Waals surface area contributed by atoms with Crippen LogP contribution in [0.25, 0.3) is 11.3 Å². The maximum absolute atomic E-state index is 13.3. The van der Waals surface area contributed by atoms with Crippen LogP contribution in [0.2, 0.25) is 5.02 Å². The first kappa shape index (κ1) is 20.5. The average molecular weight is 424 g/mol. The normalized spacial score (nSPS) is 16.0. The zero-order chi connectivity index (χ0) is 21.1. The Hall–Kier alpha value is -2.79. The van der Waals surface area contributed by atoms with E-state index in [2.05, 4.69) is 6.92 Å². The minimum atomic E-state index is -0.0115. The van der Waals surface area contributed by atoms with E-state index in [1.165, 1.54) is 6.42 Å². The minimum Gasteiger partial charge on any atom is -0.508 e. The van der Waals surface area contributed by atoms with Crippen molar-refractivity contribution in [1.29, 1.82) is 0 Å². The van der Waals surface area contributed by atoms with Crippen molar-refractivity contribution in [3.63, 3.8) is 0 Å². The van der Waals surface area contributed by atoms with E-state index < -0.39 is 0 Å². The Kier molecular flexibility index (Phi) is 6.09. The molecular weight excluding hydrogens is 398 g/mol. The van der Waals surface area contributed by atoms with Gasteiger partial charge in [-0.15, -0.1) is 0 Å². The number of carbonyl (C=O) groups is 1. The van der Waals surface area contributed by atoms with Crippen molar-refractivity contribution in [2.75, 3.05) is 6.54 Å². The van der Waals surface area contributed by atoms with Gasteiger partial charge in [-0.1, -0.05) is 62.1 Å². The molecule has 2 heterocycles. The van der Waals surface area contributed by atoms with Crippen LogP contribution in [0, 0.1) is 0 Å². The van der Waals surface area contributed by atoms with Crippen LogP contribution < -0.4 is 0 Å². The molecule has 1 N–H and O–H groups in total. The molecule has 0 aliphatic carbocycles. The third kappa shape index (κ3) is 4.36. The fraction of sp³-hybridized carbons (Fsp3) is 0.333. The van der Waals surface area contributed by atoms with E-state index in [9.17, 15) is 9.90 Å². The monoisotopic (exact) mass is 423 g/mol. The molecule has 0 saturated heterocycles. The number of unbranched alkanes of at least 4 members (excludes halogenated alkanes) is 2. The Morgan fingerprint density at radius 1 is 1.10 bits per heavy atom. The van der Waals surface area contributed by atoms with E-state index in [1.807, 2.05) is 52.0 Å². The van der Waals surface area contributed by atoms with Crippen LogP contribution in [0.15, 0.2) is 54.6 Å². The van der Waals surface area contributed by atoms with Crippen LogP contribution in [-0.4, -0.2) is 32.2 Å². The SMILES string of the molecule is CCCCCC1CN(Cc2ccc(O)cc2)C(=O)c2cc(-c3ccc(Cl)cc3)nn21. The van der Waals surface area contributed by atoms with E-state index in [0.717, 1.165) is 36.1 Å². The molecule has 0 bridgehead atoms. The summed E-state index contributed by atoms with van der Waals surface area (Å²) >= 11 is 6.02. The molecule has 0 spiro atoms. The molecule has 6 heteroatoms. The van der Waals surface area contributed by atoms with Crippen molar-refractivity contribution in [3.8, 4) is 17.0 Å². The number of hydrogen-bond acceptors (Lipinski definition) is 3. The number of nitrogens with zero attached hydrogens (tertiary/aromatic N) is 3. The molecule has 1 aromatic heterocycles. The summed E-state index contributed by atoms with van der Waals surface area (Å²) in [6.07, 6.45) is 4.42. The molecule has 1 aliphatic heterocycles. The third-order valence-corrected chi connectivity index (χ3v) is 5.86. The van der Waals surface area contributed by atoms with Gasteiger partial charge in [0.2, 0.25) is 0 Å². The first-order valence-corrected chi connectivity index (χ1v) is 10.9. The molecule has 0 saturated carbocycles. The number of aromatic hydroxyl groups is 1. The van der Waals surface area contributed by atoms with Gasteiger partial charge in [0.05, 0.1) is 11.7 Å². The molecule has 0 fully saturated rings. The second-order valence-corrected chi connectivity index (χ2v) is 8.30. The van der Waals surface area contributed by atoms with Gasteiger partial charge in [-0.2, -0.15) is 5.10 Å². The zero-order valence-electron chi connectivity index (χ0n) is 17.1. The Morgan fingerprint density at radius 3 is 2.53 bits per heavy atom. The van der Waals surface area contributed by atoms with Crippen molar-refractivity contribution < 1.29 is 9.90 Å². The maximum atomic E-state index is 13.3. The standard InChI is InChI=1S/C24H26ClN3O2/c1-2-3-4-5-20-16-27(15-17-6-12-21(29)13-7-17)24(30)23-14-22(26-28(20)23)18-8-10-19(25)11-9-18/h6-14,20,29H,2-5,15-16H2,1H3. The van der Waals surface area contributed by atoms with Gasteiger partial charge < -0.3 is 10.0 Å². The molecule has 3 aromatic rings. The van der Waals surface area contributed by atoms with Crippen LogP contribution in [0.5, 0.6) is 5.75 Å². The lowest BCUT2D eigenvalue weighted by Gasteiger charge is -2.33. The highest BCUT2D eigenvalue weighted by atomic mass is 35.5. The van der Waals surface area contributed by atoms with Gasteiger partial charge in [0.1, 0.15) is 11.4 Å². The lowest BCUT2D eigenvalue weighted by Crippen LogP contribution is -2.42. The highest BCUT2D eigenvalue weighted by molar-refractivity contribution is 6.30. The first-order valence-electron chi connectivity index (χ1n) is 10.5. The summed E-state index contributed by atoms with van der Waals surface area (Å²) in [6, 6.07) is 16.6. The number of benzene rings is 2. The Balaban J connectivity index is 1.64. The minimum absolute atomic E-state index is 0.0115. The molecular formula is C24H26ClN3O2. The molecule has 1 amide bonds. The van der Waals surface area contributed by atoms with Crippen molar-refractivity contribution in [3.05, 3.63) is 70.9 Å². The number of aromatic nitrogens is 2. The summed E-state index contributed by atoms with van der Waals surface area (Å²) in [5, 5.41) is 15.0. The van der Waals surface area contributed by atoms with Crippen LogP contribution in [-0.2, 0) is 6.54 Å². The number of rotatable bonds is 7. The number of phenolic OH excluding ortho intramolecular Hbond substituents is 1. The molecule has 1 atom stereocenters. The van der Waals surface area contributed by atoms with Crippen LogP contribution >= 0.6 is 11.6 Å². The molecule has 30 heavy (non-hydrogen) atoms. The van der Waals surface area contributed by atoms with Gasteiger partial charge in [-0.25, -0.2) is 0 Å². The highest BCUT2D eigenvalue weighted by Crippen LogP contribution is 2.30. The van der Waals surface area contributed by atoms with Crippen molar-refractivity contribution in [2.24, 2.45) is 0 Å². The molecule has 1 aliphatic rings. The Morgan fingerprint density at radius 2 is 1.83 bits per heavy atom. The fourth-order valence-corrected chi connectivity index (χ4v) is 4.10. The summed E-state index contributed by atoms with van der Waals surface area (Å²) in [7, 11) is 0. The predicted molar refractivity (Wildman–Crippen MR) is 119 cm³/mol. The van der Waals surface area contributed by atoms with E-state index in [4.69, 9.17) is 16.7 Å². The van der Waals surface area contributed by atoms with Crippen LogP contribution in [0.1, 0.15) is 54.7 Å². The number of fused-ring (bicyclic) bond motifs is 1. The van der Waals surface area contributed by atoms with Crippen molar-refractivity contribution in [1.82, 2.24) is 14.7 Å². The van der Waals surface area contributed by atoms with Gasteiger partial charge in [-0.3, -0.25) is 9.48 Å². The average Bonchev–Trinajstić information content (AvgIpc) is 3.19. The smallest absolute Gasteiger partial charge is 0.272 e. The summed E-state index contributed by atoms with van der Waals surface area (Å²) in [4.78, 5) is 15.2. The van der Waals surface area contributed by atoms with Crippen molar-refractivity contribution in [2.45, 2.75) is 45.2 Å². The zero-order valence-corrected chi connectivity index (χ0v) is 17.8. The molecule has 1 unspecified atom stereocenters. The second kappa shape index (κ2) is 8.92. The lowest BCUT2D eigenvalue weighted by atomic mass is 10.0. The number of hydrogen-bond donors (Lipinski definition) is 1. The van der Waals surface area contributed by atoms with E-state index in [1.54, 1.807) is 12.1 Å². The van der Waals surface area contributed by atoms with Gasteiger partial charge >= 0.3 is 0 Å². The molecule has 156 valence electrons. The maximum Gasteiger partial charge on any atom is 0.272 e. The van der Waals surface area contributed by atoms with Crippen LogP contribution in [0.4, 0.5) is 0 Å². The Bertz CT molecular complexity index is 1010. The third-order valence-electron chi connectivity index (χ3n) is 5.61. The van der Waals surface area contributed by atoms with Gasteiger partial charge in [0.25, 0.3) is 5.91 Å². The molecule has 5 nitrogen and oxygen atoms in total. The van der Waals surface area contributed by atoms with E-state index in [-0.39, 0.29) is 17.7 Å². The van der Waals surface area contributed by atoms with Gasteiger partial charge in [0, 0.05) is 23.7 Å². The number of halogens is 1. The number of phenols is 1. The first-order chi connectivity index (χ1) is 14.5. The molecule has 4 rings (SSSR count). The van der Waals surface area contributed by atoms with Crippen LogP contribution in [0.3, 0.4) is 0 Å². The number of carbonyl (C=O) groups excluding carboxylic acids is 1. The summed E-state index contributed by atoms with van der Waals surface area (Å²) < 4.78 is 1.93. The topological polar surface area (TPSA) is 58.4 Å². The number of amides is 1. The van der Waals surface area contributed by atoms with Gasteiger partial charge in [-0.05, 0) is 42.3 Å². The van der Waals surface area contributed by atoms with Gasteiger partial charge in [0.15, 0.2) is 0 Å². The predicted octanol–water partition coefficient (Wildman–Crippen LogP) is 5.69. The summed E-state index contributed by atoms with van der Waals surface area (Å²) in [6.45, 7) is 3.35.